The molecule has 1 saturated carbocycles. The summed E-state index contributed by atoms with van der Waals surface area (Å²) in [4.78, 5) is 0. The molecule has 0 heteroatoms. The Kier molecular flexibility index (Phi) is 4.98. The van der Waals surface area contributed by atoms with Gasteiger partial charge < -0.3 is 0 Å². The lowest BCUT2D eigenvalue weighted by molar-refractivity contribution is 0.340. The molecule has 0 radical (unpaired) electrons. The van der Waals surface area contributed by atoms with Crippen LogP contribution in [0.3, 0.4) is 0 Å². The highest BCUT2D eigenvalue weighted by atomic mass is 14.4. The monoisotopic (exact) mass is 196 g/mol. The van der Waals surface area contributed by atoms with E-state index in [9.17, 15) is 0 Å². The molecule has 0 N–H and O–H groups in total. The molecular formula is C14H28. The van der Waals surface area contributed by atoms with Crippen molar-refractivity contribution in [3.8, 4) is 0 Å². The molecule has 0 aromatic carbocycles. The second-order valence-electron chi connectivity index (χ2n) is 5.46. The first-order valence-corrected chi connectivity index (χ1v) is 6.69. The highest BCUT2D eigenvalue weighted by Crippen LogP contribution is 2.44. The molecular weight excluding hydrogens is 168 g/mol. The Morgan fingerprint density at radius 1 is 1.07 bits per heavy atom. The minimum Gasteiger partial charge on any atom is -0.0651 e. The van der Waals surface area contributed by atoms with E-state index in [1.165, 1.54) is 38.5 Å². The second-order valence-corrected chi connectivity index (χ2v) is 5.46. The first-order valence-electron chi connectivity index (χ1n) is 6.69. The Labute approximate surface area is 90.5 Å². The SMILES string of the molecule is CCC(C)C(C)CCCC1CC1CC. The third-order valence-electron chi connectivity index (χ3n) is 4.44. The van der Waals surface area contributed by atoms with Gasteiger partial charge in [0.05, 0.1) is 0 Å². The van der Waals surface area contributed by atoms with Crippen LogP contribution in [0.1, 0.15) is 66.2 Å². The predicted octanol–water partition coefficient (Wildman–Crippen LogP) is 4.89. The van der Waals surface area contributed by atoms with Crippen LogP contribution in [-0.4, -0.2) is 0 Å². The van der Waals surface area contributed by atoms with Crippen LogP contribution in [0.5, 0.6) is 0 Å². The average molecular weight is 196 g/mol. The fourth-order valence-electron chi connectivity index (χ4n) is 2.55. The van der Waals surface area contributed by atoms with Gasteiger partial charge in [0.15, 0.2) is 0 Å². The highest BCUT2D eigenvalue weighted by molar-refractivity contribution is 4.84. The normalized spacial score (nSPS) is 30.0. The number of hydrogen-bond donors (Lipinski definition) is 0. The van der Waals surface area contributed by atoms with Crippen molar-refractivity contribution in [3.05, 3.63) is 0 Å². The summed E-state index contributed by atoms with van der Waals surface area (Å²) in [5.41, 5.74) is 0. The maximum Gasteiger partial charge on any atom is -0.0383 e. The molecule has 84 valence electrons. The van der Waals surface area contributed by atoms with Crippen molar-refractivity contribution >= 4 is 0 Å². The van der Waals surface area contributed by atoms with Crippen molar-refractivity contribution in [3.63, 3.8) is 0 Å². The minimum absolute atomic E-state index is 0.927. The van der Waals surface area contributed by atoms with Crippen LogP contribution in [0, 0.1) is 23.7 Å². The summed E-state index contributed by atoms with van der Waals surface area (Å²) in [7, 11) is 0. The third-order valence-corrected chi connectivity index (χ3v) is 4.44. The standard InChI is InChI=1S/C14H28/c1-5-11(3)12(4)8-7-9-14-10-13(14)6-2/h11-14H,5-10H2,1-4H3. The van der Waals surface area contributed by atoms with Crippen molar-refractivity contribution in [2.24, 2.45) is 23.7 Å². The summed E-state index contributed by atoms with van der Waals surface area (Å²) in [5.74, 6) is 4.09. The van der Waals surface area contributed by atoms with Gasteiger partial charge >= 0.3 is 0 Å². The van der Waals surface area contributed by atoms with E-state index in [-0.39, 0.29) is 0 Å². The van der Waals surface area contributed by atoms with Crippen LogP contribution in [0.15, 0.2) is 0 Å². The second kappa shape index (κ2) is 5.78. The zero-order valence-corrected chi connectivity index (χ0v) is 10.6. The smallest absolute Gasteiger partial charge is 0.0383 e. The zero-order chi connectivity index (χ0) is 10.6. The Morgan fingerprint density at radius 2 is 1.79 bits per heavy atom. The average Bonchev–Trinajstić information content (AvgIpc) is 2.95. The molecule has 0 saturated heterocycles. The molecule has 4 atom stereocenters. The quantitative estimate of drug-likeness (QED) is 0.544. The van der Waals surface area contributed by atoms with Gasteiger partial charge in [0.2, 0.25) is 0 Å². The Bertz CT molecular complexity index is 150. The van der Waals surface area contributed by atoms with Crippen LogP contribution in [0.25, 0.3) is 0 Å². The largest absolute Gasteiger partial charge is 0.0651 e. The summed E-state index contributed by atoms with van der Waals surface area (Å²) in [6.07, 6.45) is 8.76. The Morgan fingerprint density at radius 3 is 2.29 bits per heavy atom. The van der Waals surface area contributed by atoms with Crippen molar-refractivity contribution in [1.82, 2.24) is 0 Å². The first-order chi connectivity index (χ1) is 6.69. The maximum absolute atomic E-state index is 2.43. The van der Waals surface area contributed by atoms with E-state index in [2.05, 4.69) is 27.7 Å². The fourth-order valence-corrected chi connectivity index (χ4v) is 2.55. The van der Waals surface area contributed by atoms with Crippen LogP contribution in [0.2, 0.25) is 0 Å². The van der Waals surface area contributed by atoms with Crippen molar-refractivity contribution < 1.29 is 0 Å². The van der Waals surface area contributed by atoms with Gasteiger partial charge in [-0.25, -0.2) is 0 Å². The summed E-state index contributed by atoms with van der Waals surface area (Å²) in [6.45, 7) is 9.48. The lowest BCUT2D eigenvalue weighted by Crippen LogP contribution is -2.06. The number of rotatable bonds is 7. The van der Waals surface area contributed by atoms with E-state index in [4.69, 9.17) is 0 Å². The zero-order valence-electron chi connectivity index (χ0n) is 10.6. The molecule has 0 nitrogen and oxygen atoms in total. The van der Waals surface area contributed by atoms with Gasteiger partial charge in [0.25, 0.3) is 0 Å². The van der Waals surface area contributed by atoms with Crippen LogP contribution in [0.4, 0.5) is 0 Å². The van der Waals surface area contributed by atoms with Gasteiger partial charge in [-0.15, -0.1) is 0 Å². The molecule has 1 aliphatic carbocycles. The molecule has 14 heavy (non-hydrogen) atoms. The van der Waals surface area contributed by atoms with Crippen LogP contribution in [-0.2, 0) is 0 Å². The minimum atomic E-state index is 0.927. The lowest BCUT2D eigenvalue weighted by atomic mass is 9.89. The van der Waals surface area contributed by atoms with Crippen molar-refractivity contribution in [2.45, 2.75) is 66.2 Å². The van der Waals surface area contributed by atoms with E-state index in [0.29, 0.717) is 0 Å². The van der Waals surface area contributed by atoms with Gasteiger partial charge in [0, 0.05) is 0 Å². The summed E-state index contributed by atoms with van der Waals surface area (Å²) in [6, 6.07) is 0. The highest BCUT2D eigenvalue weighted by Gasteiger charge is 2.34. The predicted molar refractivity (Wildman–Crippen MR) is 64.4 cm³/mol. The van der Waals surface area contributed by atoms with E-state index >= 15 is 0 Å². The molecule has 0 spiro atoms. The van der Waals surface area contributed by atoms with Crippen molar-refractivity contribution in [1.29, 1.82) is 0 Å². The van der Waals surface area contributed by atoms with Gasteiger partial charge in [-0.2, -0.15) is 0 Å². The molecule has 4 unspecified atom stereocenters. The van der Waals surface area contributed by atoms with E-state index in [1.54, 1.807) is 0 Å². The summed E-state index contributed by atoms with van der Waals surface area (Å²) in [5, 5.41) is 0. The molecule has 1 aliphatic rings. The van der Waals surface area contributed by atoms with Gasteiger partial charge in [0.1, 0.15) is 0 Å². The van der Waals surface area contributed by atoms with E-state index in [1.807, 2.05) is 0 Å². The van der Waals surface area contributed by atoms with E-state index < -0.39 is 0 Å². The Hall–Kier alpha value is 0. The summed E-state index contributed by atoms with van der Waals surface area (Å²) < 4.78 is 0. The van der Waals surface area contributed by atoms with Crippen molar-refractivity contribution in [2.75, 3.05) is 0 Å². The maximum atomic E-state index is 2.43. The molecule has 0 heterocycles. The molecule has 1 fully saturated rings. The van der Waals surface area contributed by atoms with Crippen LogP contribution >= 0.6 is 0 Å². The number of hydrogen-bond acceptors (Lipinski definition) is 0. The fraction of sp³-hybridized carbons (Fsp3) is 1.00. The van der Waals surface area contributed by atoms with Crippen LogP contribution < -0.4 is 0 Å². The molecule has 0 aromatic heterocycles. The molecule has 0 amide bonds. The molecule has 0 bridgehead atoms. The molecule has 0 aliphatic heterocycles. The molecule has 0 aromatic rings. The third kappa shape index (κ3) is 3.63. The first kappa shape index (κ1) is 12.1. The summed E-state index contributed by atoms with van der Waals surface area (Å²) >= 11 is 0. The molecule has 1 rings (SSSR count). The van der Waals surface area contributed by atoms with E-state index in [0.717, 1.165) is 23.7 Å². The van der Waals surface area contributed by atoms with Gasteiger partial charge in [-0.1, -0.05) is 59.8 Å². The topological polar surface area (TPSA) is 0 Å². The van der Waals surface area contributed by atoms with Gasteiger partial charge in [-0.05, 0) is 30.1 Å². The lowest BCUT2D eigenvalue weighted by Gasteiger charge is -2.17. The van der Waals surface area contributed by atoms with Gasteiger partial charge in [-0.3, -0.25) is 0 Å². The Balaban J connectivity index is 1.99.